The third-order valence-corrected chi connectivity index (χ3v) is 7.37. The van der Waals surface area contributed by atoms with Crippen molar-refractivity contribution in [3.05, 3.63) is 65.2 Å². The average Bonchev–Trinajstić information content (AvgIpc) is 3.39. The largest absolute Gasteiger partial charge is 0.496 e. The number of rotatable bonds is 8. The van der Waals surface area contributed by atoms with Crippen molar-refractivity contribution >= 4 is 11.8 Å². The first-order chi connectivity index (χ1) is 16.6. The third-order valence-electron chi connectivity index (χ3n) is 7.37. The Morgan fingerprint density at radius 1 is 1.00 bits per heavy atom. The first-order valence-electron chi connectivity index (χ1n) is 12.6. The molecule has 0 aromatic heterocycles. The minimum Gasteiger partial charge on any atom is -0.496 e. The molecule has 182 valence electrons. The lowest BCUT2D eigenvalue weighted by Crippen LogP contribution is -2.58. The van der Waals surface area contributed by atoms with Crippen molar-refractivity contribution in [3.8, 4) is 5.75 Å². The second kappa shape index (κ2) is 11.5. The lowest BCUT2D eigenvalue weighted by molar-refractivity contribution is -0.129. The number of ether oxygens (including phenoxy) is 1. The lowest BCUT2D eigenvalue weighted by Gasteiger charge is -2.41. The number of methoxy groups -OCH3 is 1. The lowest BCUT2D eigenvalue weighted by atomic mass is 9.94. The zero-order valence-corrected chi connectivity index (χ0v) is 20.5. The van der Waals surface area contributed by atoms with Crippen LogP contribution in [0.25, 0.3) is 0 Å². The van der Waals surface area contributed by atoms with Gasteiger partial charge in [-0.15, -0.1) is 0 Å². The van der Waals surface area contributed by atoms with Gasteiger partial charge < -0.3 is 15.0 Å². The minimum atomic E-state index is -0.115. The molecule has 34 heavy (non-hydrogen) atoms. The van der Waals surface area contributed by atoms with Crippen molar-refractivity contribution in [1.29, 1.82) is 0 Å². The van der Waals surface area contributed by atoms with E-state index in [2.05, 4.69) is 10.2 Å². The zero-order valence-electron chi connectivity index (χ0n) is 20.5. The van der Waals surface area contributed by atoms with Gasteiger partial charge in [0, 0.05) is 38.3 Å². The Kier molecular flexibility index (Phi) is 8.22. The molecular weight excluding hydrogens is 426 g/mol. The van der Waals surface area contributed by atoms with E-state index < -0.39 is 0 Å². The van der Waals surface area contributed by atoms with E-state index in [1.54, 1.807) is 7.11 Å². The highest BCUT2D eigenvalue weighted by Crippen LogP contribution is 2.31. The van der Waals surface area contributed by atoms with E-state index in [-0.39, 0.29) is 17.9 Å². The Bertz CT molecular complexity index is 978. The molecule has 0 radical (unpaired) electrons. The highest BCUT2D eigenvalue weighted by Gasteiger charge is 2.37. The number of nitrogens with zero attached hydrogens (tertiary/aromatic N) is 2. The number of nitrogens with one attached hydrogen (secondary N) is 1. The molecule has 4 rings (SSSR count). The van der Waals surface area contributed by atoms with Crippen molar-refractivity contribution in [2.24, 2.45) is 5.92 Å². The van der Waals surface area contributed by atoms with Crippen molar-refractivity contribution in [2.45, 2.75) is 45.1 Å². The molecular formula is C28H37N3O3. The molecule has 1 N–H and O–H groups in total. The third kappa shape index (κ3) is 5.61. The molecule has 1 unspecified atom stereocenters. The van der Waals surface area contributed by atoms with Gasteiger partial charge in [0.25, 0.3) is 5.91 Å². The van der Waals surface area contributed by atoms with Crippen molar-refractivity contribution < 1.29 is 14.3 Å². The molecule has 2 aromatic rings. The maximum Gasteiger partial charge on any atom is 0.254 e. The van der Waals surface area contributed by atoms with E-state index in [9.17, 15) is 9.59 Å². The van der Waals surface area contributed by atoms with E-state index in [4.69, 9.17) is 4.74 Å². The number of benzene rings is 2. The quantitative estimate of drug-likeness (QED) is 0.649. The molecule has 0 spiro atoms. The van der Waals surface area contributed by atoms with Gasteiger partial charge in [0.05, 0.1) is 13.2 Å². The average molecular weight is 464 g/mol. The van der Waals surface area contributed by atoms with Gasteiger partial charge in [-0.2, -0.15) is 0 Å². The fourth-order valence-corrected chi connectivity index (χ4v) is 5.47. The first-order valence-corrected chi connectivity index (χ1v) is 12.6. The summed E-state index contributed by atoms with van der Waals surface area (Å²) < 4.78 is 5.44. The van der Waals surface area contributed by atoms with Gasteiger partial charge in [0.15, 0.2) is 0 Å². The molecule has 1 aliphatic heterocycles. The maximum atomic E-state index is 13.4. The van der Waals surface area contributed by atoms with E-state index in [1.165, 1.54) is 12.8 Å². The van der Waals surface area contributed by atoms with Crippen LogP contribution in [0, 0.1) is 12.8 Å². The van der Waals surface area contributed by atoms with Crippen molar-refractivity contribution in [1.82, 2.24) is 15.1 Å². The summed E-state index contributed by atoms with van der Waals surface area (Å²) in [5.41, 5.74) is 2.89. The number of carbonyl (C=O) groups excluding carboxylic acids is 2. The Morgan fingerprint density at radius 2 is 1.68 bits per heavy atom. The van der Waals surface area contributed by atoms with Gasteiger partial charge in [-0.05, 0) is 55.4 Å². The fraction of sp³-hybridized carbons (Fsp3) is 0.500. The molecule has 6 nitrogen and oxygen atoms in total. The van der Waals surface area contributed by atoms with Crippen LogP contribution in [0.3, 0.4) is 0 Å². The Hall–Kier alpha value is -2.86. The smallest absolute Gasteiger partial charge is 0.254 e. The van der Waals surface area contributed by atoms with E-state index in [0.717, 1.165) is 54.8 Å². The van der Waals surface area contributed by atoms with Gasteiger partial charge in [0.1, 0.15) is 5.75 Å². The topological polar surface area (TPSA) is 61.9 Å². The number of aryl methyl sites for hydroxylation is 1. The van der Waals surface area contributed by atoms with Gasteiger partial charge in [-0.25, -0.2) is 0 Å². The number of hydrogen-bond acceptors (Lipinski definition) is 4. The fourth-order valence-electron chi connectivity index (χ4n) is 5.47. The molecule has 2 fully saturated rings. The standard InChI is InChI=1S/C28H37N3O3/c1-21-9-3-7-13-24(21)28(33)31-19-17-30(18-20-31)26(23-11-4-5-12-23)27(32)29-16-15-22-10-6-8-14-25(22)34-2/h3,6-10,13-14,23,26H,4-5,11-12,15-20H2,1-2H3,(H,29,32). The predicted molar refractivity (Wildman–Crippen MR) is 134 cm³/mol. The van der Waals surface area contributed by atoms with Crippen LogP contribution in [0.15, 0.2) is 48.5 Å². The molecule has 1 aliphatic carbocycles. The molecule has 2 aliphatic rings. The van der Waals surface area contributed by atoms with Crippen molar-refractivity contribution in [2.75, 3.05) is 39.8 Å². The van der Waals surface area contributed by atoms with E-state index in [1.807, 2.05) is 60.4 Å². The van der Waals surface area contributed by atoms with Crippen molar-refractivity contribution in [3.63, 3.8) is 0 Å². The summed E-state index contributed by atoms with van der Waals surface area (Å²) in [5, 5.41) is 3.21. The predicted octanol–water partition coefficient (Wildman–Crippen LogP) is 3.68. The van der Waals surface area contributed by atoms with Gasteiger partial charge >= 0.3 is 0 Å². The van der Waals surface area contributed by atoms with Gasteiger partial charge in [-0.1, -0.05) is 49.2 Å². The monoisotopic (exact) mass is 463 g/mol. The van der Waals surface area contributed by atoms with E-state index >= 15 is 0 Å². The second-order valence-corrected chi connectivity index (χ2v) is 9.49. The minimum absolute atomic E-state index is 0.0939. The molecule has 1 saturated carbocycles. The number of para-hydroxylation sites is 1. The highest BCUT2D eigenvalue weighted by molar-refractivity contribution is 5.95. The summed E-state index contributed by atoms with van der Waals surface area (Å²) in [7, 11) is 1.68. The van der Waals surface area contributed by atoms with Gasteiger partial charge in [-0.3, -0.25) is 14.5 Å². The van der Waals surface area contributed by atoms with Crippen LogP contribution in [0.5, 0.6) is 5.75 Å². The number of carbonyl (C=O) groups is 2. The van der Waals surface area contributed by atoms with Crippen LogP contribution in [0.1, 0.15) is 47.2 Å². The number of hydrogen-bond donors (Lipinski definition) is 1. The molecule has 1 heterocycles. The van der Waals surface area contributed by atoms with E-state index in [0.29, 0.717) is 25.6 Å². The molecule has 6 heteroatoms. The SMILES string of the molecule is COc1ccccc1CCNC(=O)C(C1CCCC1)N1CCN(C(=O)c2ccccc2C)CC1. The van der Waals surface area contributed by atoms with Crippen LogP contribution in [-0.4, -0.2) is 67.5 Å². The summed E-state index contributed by atoms with van der Waals surface area (Å²) in [6.07, 6.45) is 5.34. The summed E-state index contributed by atoms with van der Waals surface area (Å²) in [4.78, 5) is 30.7. The van der Waals surface area contributed by atoms with Crippen LogP contribution in [0.4, 0.5) is 0 Å². The van der Waals surface area contributed by atoms with Crippen LogP contribution in [-0.2, 0) is 11.2 Å². The Balaban J connectivity index is 1.36. The molecule has 0 bridgehead atoms. The summed E-state index contributed by atoms with van der Waals surface area (Å²) in [5.74, 6) is 1.47. The zero-order chi connectivity index (χ0) is 23.9. The number of amides is 2. The van der Waals surface area contributed by atoms with Crippen LogP contribution < -0.4 is 10.1 Å². The molecule has 1 saturated heterocycles. The normalized spacial score (nSPS) is 18.0. The first kappa shape index (κ1) is 24.3. The molecule has 1 atom stereocenters. The number of piperazine rings is 1. The highest BCUT2D eigenvalue weighted by atomic mass is 16.5. The van der Waals surface area contributed by atoms with Gasteiger partial charge in [0.2, 0.25) is 5.91 Å². The van der Waals surface area contributed by atoms with Crippen LogP contribution in [0.2, 0.25) is 0 Å². The Morgan fingerprint density at radius 3 is 2.38 bits per heavy atom. The molecule has 2 aromatic carbocycles. The maximum absolute atomic E-state index is 13.4. The summed E-state index contributed by atoms with van der Waals surface area (Å²) >= 11 is 0. The summed E-state index contributed by atoms with van der Waals surface area (Å²) in [6.45, 7) is 5.36. The summed E-state index contributed by atoms with van der Waals surface area (Å²) in [6, 6.07) is 15.6. The Labute approximate surface area is 203 Å². The second-order valence-electron chi connectivity index (χ2n) is 9.49. The molecule has 2 amide bonds. The van der Waals surface area contributed by atoms with Crippen LogP contribution >= 0.6 is 0 Å².